The third-order valence-electron chi connectivity index (χ3n) is 5.08. The standard InChI is InChI=1S/C22H24ClNO4/c1-3-13-7-16(22(26)27)8-14(4-2)19(13)11-20(25)24-12-17-10-18(23)9-15-5-6-28-21(15)17/h7-10H,3-6,11-12H2,1-2H3,(H,24,25)(H,26,27). The van der Waals surface area contributed by atoms with Crippen molar-refractivity contribution in [2.45, 2.75) is 46.1 Å². The van der Waals surface area contributed by atoms with E-state index in [1.807, 2.05) is 26.0 Å². The fraction of sp³-hybridized carbons (Fsp3) is 0.364. The number of hydrogen-bond donors (Lipinski definition) is 2. The Morgan fingerprint density at radius 2 is 1.79 bits per heavy atom. The van der Waals surface area contributed by atoms with Gasteiger partial charge in [0, 0.05) is 23.6 Å². The predicted octanol–water partition coefficient (Wildman–Crippen LogP) is 3.96. The first-order chi connectivity index (χ1) is 13.4. The van der Waals surface area contributed by atoms with Gasteiger partial charge in [0.1, 0.15) is 5.75 Å². The van der Waals surface area contributed by atoms with Crippen LogP contribution in [0.4, 0.5) is 0 Å². The maximum atomic E-state index is 12.6. The molecule has 1 amide bonds. The van der Waals surface area contributed by atoms with Crippen molar-refractivity contribution in [3.05, 3.63) is 62.7 Å². The van der Waals surface area contributed by atoms with E-state index in [4.69, 9.17) is 16.3 Å². The Kier molecular flexibility index (Phi) is 6.25. The number of carboxylic acids is 1. The van der Waals surface area contributed by atoms with E-state index in [2.05, 4.69) is 5.32 Å². The van der Waals surface area contributed by atoms with Gasteiger partial charge in [-0.2, -0.15) is 0 Å². The molecule has 2 aromatic carbocycles. The number of halogens is 1. The van der Waals surface area contributed by atoms with Crippen LogP contribution in [-0.4, -0.2) is 23.6 Å². The quantitative estimate of drug-likeness (QED) is 0.736. The van der Waals surface area contributed by atoms with Crippen LogP contribution in [0.5, 0.6) is 5.75 Å². The molecule has 0 fully saturated rings. The summed E-state index contributed by atoms with van der Waals surface area (Å²) in [5.41, 5.74) is 4.94. The lowest BCUT2D eigenvalue weighted by atomic mass is 9.92. The van der Waals surface area contributed by atoms with Crippen LogP contribution in [-0.2, 0) is 37.0 Å². The van der Waals surface area contributed by atoms with Crippen LogP contribution >= 0.6 is 11.6 Å². The summed E-state index contributed by atoms with van der Waals surface area (Å²) < 4.78 is 5.68. The number of nitrogens with one attached hydrogen (secondary N) is 1. The smallest absolute Gasteiger partial charge is 0.335 e. The maximum absolute atomic E-state index is 12.6. The molecule has 2 aromatic rings. The van der Waals surface area contributed by atoms with Crippen LogP contribution in [0.2, 0.25) is 5.02 Å². The van der Waals surface area contributed by atoms with E-state index in [1.165, 1.54) is 0 Å². The molecule has 0 saturated heterocycles. The topological polar surface area (TPSA) is 75.6 Å². The van der Waals surface area contributed by atoms with Crippen LogP contribution in [0.1, 0.15) is 52.0 Å². The van der Waals surface area contributed by atoms with E-state index in [0.29, 0.717) is 31.0 Å². The molecule has 0 spiro atoms. The summed E-state index contributed by atoms with van der Waals surface area (Å²) in [7, 11) is 0. The summed E-state index contributed by atoms with van der Waals surface area (Å²) in [5, 5.41) is 12.9. The van der Waals surface area contributed by atoms with E-state index < -0.39 is 5.97 Å². The van der Waals surface area contributed by atoms with Gasteiger partial charge in [0.05, 0.1) is 18.6 Å². The minimum atomic E-state index is -0.949. The number of rotatable bonds is 7. The molecule has 1 aliphatic rings. The second-order valence-electron chi connectivity index (χ2n) is 6.89. The first-order valence-electron chi connectivity index (χ1n) is 9.51. The largest absolute Gasteiger partial charge is 0.493 e. The number of carboxylic acid groups (broad SMARTS) is 1. The molecule has 1 aliphatic heterocycles. The Bertz CT molecular complexity index is 898. The summed E-state index contributed by atoms with van der Waals surface area (Å²) in [6, 6.07) is 7.06. The van der Waals surface area contributed by atoms with Crippen molar-refractivity contribution in [3.8, 4) is 5.75 Å². The van der Waals surface area contributed by atoms with Crippen molar-refractivity contribution >= 4 is 23.5 Å². The Morgan fingerprint density at radius 3 is 2.39 bits per heavy atom. The zero-order chi connectivity index (χ0) is 20.3. The number of carbonyl (C=O) groups is 2. The minimum Gasteiger partial charge on any atom is -0.493 e. The fourth-order valence-corrected chi connectivity index (χ4v) is 3.94. The van der Waals surface area contributed by atoms with Gasteiger partial charge in [-0.3, -0.25) is 4.79 Å². The van der Waals surface area contributed by atoms with Crippen LogP contribution in [0.25, 0.3) is 0 Å². The van der Waals surface area contributed by atoms with Crippen molar-refractivity contribution in [1.82, 2.24) is 5.32 Å². The van der Waals surface area contributed by atoms with E-state index in [9.17, 15) is 14.7 Å². The van der Waals surface area contributed by atoms with Crippen molar-refractivity contribution in [3.63, 3.8) is 0 Å². The molecular weight excluding hydrogens is 378 g/mol. The molecule has 0 bridgehead atoms. The van der Waals surface area contributed by atoms with Gasteiger partial charge in [-0.25, -0.2) is 4.79 Å². The molecule has 148 valence electrons. The number of aryl methyl sites for hydroxylation is 2. The fourth-order valence-electron chi connectivity index (χ4n) is 3.67. The number of hydrogen-bond acceptors (Lipinski definition) is 3. The molecule has 0 unspecified atom stereocenters. The van der Waals surface area contributed by atoms with E-state index in [-0.39, 0.29) is 17.9 Å². The lowest BCUT2D eigenvalue weighted by molar-refractivity contribution is -0.120. The van der Waals surface area contributed by atoms with Gasteiger partial charge < -0.3 is 15.2 Å². The summed E-state index contributed by atoms with van der Waals surface area (Å²) >= 11 is 6.18. The second-order valence-corrected chi connectivity index (χ2v) is 7.33. The Balaban J connectivity index is 1.76. The zero-order valence-corrected chi connectivity index (χ0v) is 16.9. The number of carbonyl (C=O) groups excluding carboxylic acids is 1. The zero-order valence-electron chi connectivity index (χ0n) is 16.1. The lowest BCUT2D eigenvalue weighted by Gasteiger charge is -2.15. The van der Waals surface area contributed by atoms with Crippen molar-refractivity contribution in [2.24, 2.45) is 0 Å². The molecule has 2 N–H and O–H groups in total. The highest BCUT2D eigenvalue weighted by atomic mass is 35.5. The second kappa shape index (κ2) is 8.65. The molecule has 0 radical (unpaired) electrons. The summed E-state index contributed by atoms with van der Waals surface area (Å²) in [6.45, 7) is 4.91. The van der Waals surface area contributed by atoms with Crippen molar-refractivity contribution in [1.29, 1.82) is 0 Å². The first-order valence-corrected chi connectivity index (χ1v) is 9.89. The van der Waals surface area contributed by atoms with Gasteiger partial charge in [0.15, 0.2) is 0 Å². The predicted molar refractivity (Wildman–Crippen MR) is 108 cm³/mol. The Labute approximate surface area is 169 Å². The molecule has 1 heterocycles. The molecule has 5 nitrogen and oxygen atoms in total. The molecule has 3 rings (SSSR count). The first kappa shape index (κ1) is 20.2. The number of amides is 1. The van der Waals surface area contributed by atoms with Gasteiger partial charge >= 0.3 is 5.97 Å². The molecular formula is C22H24ClNO4. The van der Waals surface area contributed by atoms with E-state index >= 15 is 0 Å². The molecule has 0 atom stereocenters. The van der Waals surface area contributed by atoms with Crippen LogP contribution < -0.4 is 10.1 Å². The van der Waals surface area contributed by atoms with Crippen LogP contribution in [0.3, 0.4) is 0 Å². The molecule has 0 aromatic heterocycles. The highest BCUT2D eigenvalue weighted by molar-refractivity contribution is 6.30. The van der Waals surface area contributed by atoms with Crippen LogP contribution in [0, 0.1) is 0 Å². The monoisotopic (exact) mass is 401 g/mol. The average molecular weight is 402 g/mol. The summed E-state index contributed by atoms with van der Waals surface area (Å²) in [6.07, 6.45) is 2.39. The maximum Gasteiger partial charge on any atom is 0.335 e. The van der Waals surface area contributed by atoms with Gasteiger partial charge in [0.25, 0.3) is 0 Å². The molecule has 0 saturated carbocycles. The van der Waals surface area contributed by atoms with Crippen LogP contribution in [0.15, 0.2) is 24.3 Å². The number of benzene rings is 2. The highest BCUT2D eigenvalue weighted by Gasteiger charge is 2.19. The molecule has 6 heteroatoms. The molecule has 28 heavy (non-hydrogen) atoms. The lowest BCUT2D eigenvalue weighted by Crippen LogP contribution is -2.26. The van der Waals surface area contributed by atoms with E-state index in [1.54, 1.807) is 12.1 Å². The normalized spacial score (nSPS) is 12.4. The van der Waals surface area contributed by atoms with Gasteiger partial charge in [-0.1, -0.05) is 25.4 Å². The third kappa shape index (κ3) is 4.30. The highest BCUT2D eigenvalue weighted by Crippen LogP contribution is 2.32. The van der Waals surface area contributed by atoms with Gasteiger partial charge in [-0.05, 0) is 59.4 Å². The average Bonchev–Trinajstić information content (AvgIpc) is 3.14. The molecule has 0 aliphatic carbocycles. The minimum absolute atomic E-state index is 0.112. The number of fused-ring (bicyclic) bond motifs is 1. The number of aromatic carboxylic acids is 1. The van der Waals surface area contributed by atoms with Gasteiger partial charge in [-0.15, -0.1) is 0 Å². The Hall–Kier alpha value is -2.53. The summed E-state index contributed by atoms with van der Waals surface area (Å²) in [4.78, 5) is 24.0. The summed E-state index contributed by atoms with van der Waals surface area (Å²) in [5.74, 6) is -0.242. The number of ether oxygens (including phenoxy) is 1. The van der Waals surface area contributed by atoms with E-state index in [0.717, 1.165) is 40.0 Å². The Morgan fingerprint density at radius 1 is 1.11 bits per heavy atom. The van der Waals surface area contributed by atoms with Crippen molar-refractivity contribution in [2.75, 3.05) is 6.61 Å². The SMILES string of the molecule is CCc1cc(C(=O)O)cc(CC)c1CC(=O)NCc1cc(Cl)cc2c1OCC2. The third-order valence-corrected chi connectivity index (χ3v) is 5.30. The van der Waals surface area contributed by atoms with Gasteiger partial charge in [0.2, 0.25) is 5.91 Å². The van der Waals surface area contributed by atoms with Crippen molar-refractivity contribution < 1.29 is 19.4 Å².